The van der Waals surface area contributed by atoms with Gasteiger partial charge >= 0.3 is 5.84 Å². The molecule has 0 amide bonds. The predicted octanol–water partition coefficient (Wildman–Crippen LogP) is 3.76. The fourth-order valence-corrected chi connectivity index (χ4v) is 3.03. The minimum absolute atomic E-state index is 0.186. The third kappa shape index (κ3) is 3.30. The molecule has 0 N–H and O–H groups in total. The van der Waals surface area contributed by atoms with E-state index in [-0.39, 0.29) is 22.8 Å². The van der Waals surface area contributed by atoms with Crippen molar-refractivity contribution in [1.82, 2.24) is 0 Å². The molecule has 21 heavy (non-hydrogen) atoms. The molecule has 1 aromatic rings. The monoisotopic (exact) mass is 391 g/mol. The first-order valence-electron chi connectivity index (χ1n) is 5.70. The van der Waals surface area contributed by atoms with Crippen molar-refractivity contribution >= 4 is 56.6 Å². The quantitative estimate of drug-likeness (QED) is 0.258. The molecule has 0 spiro atoms. The molecule has 1 aromatic carbocycles. The Bertz CT molecular complexity index is 705. The summed E-state index contributed by atoms with van der Waals surface area (Å²) in [5.74, 6) is -0.623. The third-order valence-electron chi connectivity index (χ3n) is 2.75. The standard InChI is InChI=1S/C12H8BrCl2N3O3/c1-6-16-11(18(20)21)12(13,17-6)5-10(19)8-4-7(14)2-3-9(8)15/h2-4H,5H2,1H3. The normalized spacial score (nSPS) is 21.0. The number of ketones is 1. The molecule has 9 heteroatoms. The number of Topliss-reactive ketones (excluding diaryl/α,β-unsaturated/α-hetero) is 1. The highest BCUT2D eigenvalue weighted by Gasteiger charge is 2.48. The summed E-state index contributed by atoms with van der Waals surface area (Å²) in [6.07, 6.45) is -0.287. The van der Waals surface area contributed by atoms with Gasteiger partial charge in [0.05, 0.1) is 11.4 Å². The molecule has 1 aliphatic heterocycles. The Morgan fingerprint density at radius 3 is 2.76 bits per heavy atom. The van der Waals surface area contributed by atoms with Crippen molar-refractivity contribution in [3.05, 3.63) is 43.9 Å². The van der Waals surface area contributed by atoms with Gasteiger partial charge in [-0.2, -0.15) is 0 Å². The van der Waals surface area contributed by atoms with Gasteiger partial charge in [0.15, 0.2) is 5.78 Å². The topological polar surface area (TPSA) is 84.9 Å². The van der Waals surface area contributed by atoms with Crippen molar-refractivity contribution in [3.63, 3.8) is 0 Å². The molecular weight excluding hydrogens is 385 g/mol. The zero-order valence-electron chi connectivity index (χ0n) is 10.6. The fourth-order valence-electron chi connectivity index (χ4n) is 1.89. The highest BCUT2D eigenvalue weighted by Crippen LogP contribution is 2.34. The lowest BCUT2D eigenvalue weighted by Crippen LogP contribution is -2.35. The average molecular weight is 393 g/mol. The van der Waals surface area contributed by atoms with Crippen molar-refractivity contribution in [3.8, 4) is 0 Å². The Labute approximate surface area is 138 Å². The summed E-state index contributed by atoms with van der Waals surface area (Å²) in [5, 5.41) is 11.6. The van der Waals surface area contributed by atoms with Crippen LogP contribution >= 0.6 is 39.1 Å². The first-order valence-corrected chi connectivity index (χ1v) is 7.25. The van der Waals surface area contributed by atoms with E-state index in [0.29, 0.717) is 5.02 Å². The number of amidine groups is 2. The predicted molar refractivity (Wildman–Crippen MR) is 84.6 cm³/mol. The molecule has 1 aliphatic rings. The fraction of sp³-hybridized carbons (Fsp3) is 0.250. The van der Waals surface area contributed by atoms with Gasteiger partial charge in [-0.05, 0) is 44.0 Å². The molecule has 0 aliphatic carbocycles. The van der Waals surface area contributed by atoms with E-state index in [1.165, 1.54) is 19.1 Å². The van der Waals surface area contributed by atoms with Crippen LogP contribution in [0.2, 0.25) is 10.0 Å². The molecular formula is C12H8BrCl2N3O3. The molecule has 1 unspecified atom stereocenters. The average Bonchev–Trinajstić information content (AvgIpc) is 2.67. The summed E-state index contributed by atoms with van der Waals surface area (Å²) in [4.78, 5) is 30.5. The Kier molecular flexibility index (Phi) is 4.46. The highest BCUT2D eigenvalue weighted by atomic mass is 79.9. The molecule has 0 bridgehead atoms. The Morgan fingerprint density at radius 1 is 1.48 bits per heavy atom. The van der Waals surface area contributed by atoms with E-state index in [0.717, 1.165) is 0 Å². The molecule has 0 saturated carbocycles. The smallest absolute Gasteiger partial charge is 0.358 e. The van der Waals surface area contributed by atoms with Crippen LogP contribution in [-0.4, -0.2) is 26.8 Å². The van der Waals surface area contributed by atoms with Crippen LogP contribution in [0.25, 0.3) is 0 Å². The number of alkyl halides is 1. The van der Waals surface area contributed by atoms with Crippen molar-refractivity contribution in [2.75, 3.05) is 0 Å². The number of hydrogen-bond acceptors (Lipinski definition) is 5. The number of nitrogens with zero attached hydrogens (tertiary/aromatic N) is 3. The molecule has 2 rings (SSSR count). The van der Waals surface area contributed by atoms with Crippen LogP contribution in [0.5, 0.6) is 0 Å². The summed E-state index contributed by atoms with van der Waals surface area (Å²) in [6.45, 7) is 1.52. The SMILES string of the molecule is CC1=NC(Br)(CC(=O)c2cc(Cl)ccc2Cl)C([N+](=O)[O-])=N1. The molecule has 0 aromatic heterocycles. The number of carbonyl (C=O) groups excluding carboxylic acids is 1. The Balaban J connectivity index is 2.33. The minimum atomic E-state index is -1.48. The van der Waals surface area contributed by atoms with Gasteiger partial charge in [0.2, 0.25) is 10.3 Å². The molecule has 110 valence electrons. The second-order valence-corrected chi connectivity index (χ2v) is 6.49. The van der Waals surface area contributed by atoms with Crippen LogP contribution in [0.1, 0.15) is 23.7 Å². The first kappa shape index (κ1) is 16.1. The lowest BCUT2D eigenvalue weighted by Gasteiger charge is -2.15. The molecule has 0 radical (unpaired) electrons. The second kappa shape index (κ2) is 5.82. The summed E-state index contributed by atoms with van der Waals surface area (Å²) in [5.41, 5.74) is 0.186. The van der Waals surface area contributed by atoms with Gasteiger partial charge in [0.1, 0.15) is 0 Å². The van der Waals surface area contributed by atoms with Crippen LogP contribution in [-0.2, 0) is 0 Å². The van der Waals surface area contributed by atoms with Gasteiger partial charge < -0.3 is 10.1 Å². The van der Waals surface area contributed by atoms with Crippen LogP contribution in [0.3, 0.4) is 0 Å². The first-order chi connectivity index (χ1) is 9.73. The van der Waals surface area contributed by atoms with Crippen molar-refractivity contribution in [2.45, 2.75) is 17.8 Å². The maximum Gasteiger partial charge on any atom is 0.380 e. The van der Waals surface area contributed by atoms with Gasteiger partial charge in [-0.3, -0.25) is 4.79 Å². The minimum Gasteiger partial charge on any atom is -0.358 e. The maximum absolute atomic E-state index is 12.3. The summed E-state index contributed by atoms with van der Waals surface area (Å²) >= 11 is 14.9. The highest BCUT2D eigenvalue weighted by molar-refractivity contribution is 9.10. The van der Waals surface area contributed by atoms with Crippen LogP contribution in [0, 0.1) is 10.1 Å². The van der Waals surface area contributed by atoms with Gasteiger partial charge in [-0.15, -0.1) is 0 Å². The van der Waals surface area contributed by atoms with E-state index >= 15 is 0 Å². The van der Waals surface area contributed by atoms with E-state index in [1.54, 1.807) is 6.07 Å². The Hall–Kier alpha value is -1.31. The van der Waals surface area contributed by atoms with Gasteiger partial charge in [0.25, 0.3) is 0 Å². The van der Waals surface area contributed by atoms with Crippen molar-refractivity contribution < 1.29 is 9.72 Å². The third-order valence-corrected chi connectivity index (χ3v) is 4.12. The van der Waals surface area contributed by atoms with E-state index in [9.17, 15) is 14.9 Å². The van der Waals surface area contributed by atoms with E-state index in [4.69, 9.17) is 23.2 Å². The van der Waals surface area contributed by atoms with Gasteiger partial charge in [-0.1, -0.05) is 23.2 Å². The maximum atomic E-state index is 12.3. The summed E-state index contributed by atoms with van der Waals surface area (Å²) in [6, 6.07) is 4.45. The van der Waals surface area contributed by atoms with Gasteiger partial charge in [-0.25, -0.2) is 4.99 Å². The summed E-state index contributed by atoms with van der Waals surface area (Å²) in [7, 11) is 0. The van der Waals surface area contributed by atoms with E-state index in [1.807, 2.05) is 0 Å². The number of aliphatic imine (C=N–C) groups is 2. The van der Waals surface area contributed by atoms with Crippen LogP contribution in [0.4, 0.5) is 0 Å². The number of carbonyl (C=O) groups is 1. The summed E-state index contributed by atoms with van der Waals surface area (Å²) < 4.78 is -1.48. The van der Waals surface area contributed by atoms with E-state index < -0.39 is 21.0 Å². The number of nitro groups is 1. The van der Waals surface area contributed by atoms with Gasteiger partial charge in [0, 0.05) is 17.5 Å². The van der Waals surface area contributed by atoms with Crippen LogP contribution < -0.4 is 0 Å². The lowest BCUT2D eigenvalue weighted by molar-refractivity contribution is -0.354. The lowest BCUT2D eigenvalue weighted by atomic mass is 10.0. The molecule has 0 fully saturated rings. The molecule has 0 saturated heterocycles. The largest absolute Gasteiger partial charge is 0.380 e. The van der Waals surface area contributed by atoms with Crippen molar-refractivity contribution in [2.24, 2.45) is 9.98 Å². The molecule has 1 heterocycles. The second-order valence-electron chi connectivity index (χ2n) is 4.33. The number of halogens is 3. The molecule has 1 atom stereocenters. The van der Waals surface area contributed by atoms with Crippen molar-refractivity contribution in [1.29, 1.82) is 0 Å². The zero-order chi connectivity index (χ0) is 15.8. The van der Waals surface area contributed by atoms with Crippen LogP contribution in [0.15, 0.2) is 28.2 Å². The number of hydrogen-bond donors (Lipinski definition) is 0. The molecule has 6 nitrogen and oxygen atoms in total. The number of rotatable bonds is 3. The number of benzene rings is 1. The Morgan fingerprint density at radius 2 is 2.14 bits per heavy atom. The van der Waals surface area contributed by atoms with E-state index in [2.05, 4.69) is 25.9 Å². The zero-order valence-corrected chi connectivity index (χ0v) is 13.7.